The number of primary sulfonamides is 1. The molecule has 5 nitrogen and oxygen atoms in total. The second-order valence-electron chi connectivity index (χ2n) is 5.90. The van der Waals surface area contributed by atoms with Crippen molar-refractivity contribution in [3.05, 3.63) is 42.0 Å². The van der Waals surface area contributed by atoms with E-state index in [2.05, 4.69) is 6.58 Å². The van der Waals surface area contributed by atoms with E-state index in [1.165, 1.54) is 18.2 Å². The van der Waals surface area contributed by atoms with Gasteiger partial charge in [0.2, 0.25) is 10.0 Å². The Labute approximate surface area is 126 Å². The number of nitrogens with zero attached hydrogens (tertiary/aromatic N) is 1. The molecular weight excluding hydrogens is 288 g/mol. The molecule has 6 heteroatoms. The lowest BCUT2D eigenvalue weighted by Crippen LogP contribution is -2.45. The minimum absolute atomic E-state index is 0.00239. The lowest BCUT2D eigenvalue weighted by molar-refractivity contribution is 0.0616. The van der Waals surface area contributed by atoms with Gasteiger partial charge in [-0.05, 0) is 51.5 Å². The molecule has 116 valence electrons. The van der Waals surface area contributed by atoms with E-state index in [9.17, 15) is 13.2 Å². The van der Waals surface area contributed by atoms with Gasteiger partial charge in [0.1, 0.15) is 0 Å². The van der Waals surface area contributed by atoms with Gasteiger partial charge in [0, 0.05) is 17.6 Å². The zero-order valence-corrected chi connectivity index (χ0v) is 13.7. The fourth-order valence-corrected chi connectivity index (χ4v) is 2.59. The molecule has 0 spiro atoms. The van der Waals surface area contributed by atoms with E-state index in [0.717, 1.165) is 0 Å². The van der Waals surface area contributed by atoms with Crippen LogP contribution in [-0.4, -0.2) is 31.3 Å². The first-order chi connectivity index (χ1) is 9.48. The SMILES string of the molecule is C=CCN(C(=O)c1ccc(S(N)(=O)=O)cc1C)C(C)(C)C. The number of rotatable bonds is 4. The van der Waals surface area contributed by atoms with Crippen molar-refractivity contribution in [3.63, 3.8) is 0 Å². The molecule has 1 amide bonds. The molecule has 1 aromatic carbocycles. The van der Waals surface area contributed by atoms with E-state index >= 15 is 0 Å². The average Bonchev–Trinajstić information content (AvgIpc) is 2.32. The van der Waals surface area contributed by atoms with E-state index < -0.39 is 10.0 Å². The second-order valence-corrected chi connectivity index (χ2v) is 7.46. The van der Waals surface area contributed by atoms with Crippen LogP contribution in [0.25, 0.3) is 0 Å². The van der Waals surface area contributed by atoms with Crippen molar-refractivity contribution >= 4 is 15.9 Å². The molecule has 2 N–H and O–H groups in total. The maximum absolute atomic E-state index is 12.7. The Hall–Kier alpha value is -1.66. The zero-order valence-electron chi connectivity index (χ0n) is 12.9. The predicted octanol–water partition coefficient (Wildman–Crippen LogP) is 2.07. The van der Waals surface area contributed by atoms with Crippen molar-refractivity contribution in [1.29, 1.82) is 0 Å². The summed E-state index contributed by atoms with van der Waals surface area (Å²) in [6.45, 7) is 11.6. The lowest BCUT2D eigenvalue weighted by Gasteiger charge is -2.35. The molecular formula is C15H22N2O3S. The summed E-state index contributed by atoms with van der Waals surface area (Å²) < 4.78 is 22.7. The van der Waals surface area contributed by atoms with Gasteiger partial charge in [0.05, 0.1) is 4.90 Å². The standard InChI is InChI=1S/C15H22N2O3S/c1-6-9-17(15(3,4)5)14(18)13-8-7-12(10-11(13)2)21(16,19)20/h6-8,10H,1,9H2,2-5H3,(H2,16,19,20). The van der Waals surface area contributed by atoms with E-state index in [0.29, 0.717) is 17.7 Å². The highest BCUT2D eigenvalue weighted by Gasteiger charge is 2.27. The van der Waals surface area contributed by atoms with Crippen molar-refractivity contribution in [3.8, 4) is 0 Å². The highest BCUT2D eigenvalue weighted by molar-refractivity contribution is 7.89. The first-order valence-corrected chi connectivity index (χ1v) is 8.09. The monoisotopic (exact) mass is 310 g/mol. The van der Waals surface area contributed by atoms with E-state index in [1.54, 1.807) is 17.9 Å². The number of aryl methyl sites for hydroxylation is 1. The molecule has 0 aromatic heterocycles. The fourth-order valence-electron chi connectivity index (χ4n) is 1.99. The molecule has 0 aliphatic rings. The van der Waals surface area contributed by atoms with Crippen molar-refractivity contribution in [1.82, 2.24) is 4.90 Å². The summed E-state index contributed by atoms with van der Waals surface area (Å²) in [7, 11) is -3.77. The Morgan fingerprint density at radius 2 is 1.95 bits per heavy atom. The Bertz CT molecular complexity index is 658. The summed E-state index contributed by atoms with van der Waals surface area (Å²) in [4.78, 5) is 14.3. The van der Waals surface area contributed by atoms with Crippen molar-refractivity contribution in [2.24, 2.45) is 5.14 Å². The molecule has 0 fully saturated rings. The van der Waals surface area contributed by atoms with Crippen LogP contribution in [0.4, 0.5) is 0 Å². The summed E-state index contributed by atoms with van der Waals surface area (Å²) in [5.74, 6) is -0.166. The van der Waals surface area contributed by atoms with Crippen molar-refractivity contribution < 1.29 is 13.2 Å². The quantitative estimate of drug-likeness (QED) is 0.864. The molecule has 0 atom stereocenters. The van der Waals surface area contributed by atoms with E-state index in [-0.39, 0.29) is 16.3 Å². The van der Waals surface area contributed by atoms with Gasteiger partial charge in [-0.3, -0.25) is 4.79 Å². The third-order valence-corrected chi connectivity index (χ3v) is 4.03. The molecule has 21 heavy (non-hydrogen) atoms. The minimum atomic E-state index is -3.77. The van der Waals surface area contributed by atoms with Crippen LogP contribution in [0.3, 0.4) is 0 Å². The molecule has 1 aromatic rings. The van der Waals surface area contributed by atoms with Crippen LogP contribution < -0.4 is 5.14 Å². The molecule has 0 bridgehead atoms. The van der Waals surface area contributed by atoms with Gasteiger partial charge < -0.3 is 4.90 Å². The first kappa shape index (κ1) is 17.4. The van der Waals surface area contributed by atoms with Crippen LogP contribution in [-0.2, 0) is 10.0 Å². The lowest BCUT2D eigenvalue weighted by atomic mass is 10.0. The molecule has 0 radical (unpaired) electrons. The predicted molar refractivity (Wildman–Crippen MR) is 83.5 cm³/mol. The molecule has 0 saturated heterocycles. The Kier molecular flexibility index (Phi) is 4.96. The van der Waals surface area contributed by atoms with Gasteiger partial charge >= 0.3 is 0 Å². The van der Waals surface area contributed by atoms with Crippen LogP contribution in [0.5, 0.6) is 0 Å². The number of nitrogens with two attached hydrogens (primary N) is 1. The van der Waals surface area contributed by atoms with Gasteiger partial charge in [-0.15, -0.1) is 6.58 Å². The van der Waals surface area contributed by atoms with Crippen LogP contribution >= 0.6 is 0 Å². The summed E-state index contributed by atoms with van der Waals surface area (Å²) in [5.41, 5.74) is 0.667. The number of carbonyl (C=O) groups excluding carboxylic acids is 1. The number of hydrogen-bond donors (Lipinski definition) is 1. The molecule has 0 heterocycles. The molecule has 0 unspecified atom stereocenters. The molecule has 1 rings (SSSR count). The third-order valence-electron chi connectivity index (χ3n) is 3.12. The van der Waals surface area contributed by atoms with Crippen LogP contribution in [0.2, 0.25) is 0 Å². The topological polar surface area (TPSA) is 80.5 Å². The summed E-state index contributed by atoms with van der Waals surface area (Å²) >= 11 is 0. The van der Waals surface area contributed by atoms with E-state index in [1.807, 2.05) is 20.8 Å². The molecule has 0 saturated carbocycles. The zero-order chi connectivity index (χ0) is 16.4. The van der Waals surface area contributed by atoms with Gasteiger partial charge in [0.25, 0.3) is 5.91 Å². The number of hydrogen-bond acceptors (Lipinski definition) is 3. The Morgan fingerprint density at radius 1 is 1.38 bits per heavy atom. The van der Waals surface area contributed by atoms with Crippen LogP contribution in [0.15, 0.2) is 35.7 Å². The molecule has 0 aliphatic carbocycles. The minimum Gasteiger partial charge on any atom is -0.330 e. The molecule has 0 aliphatic heterocycles. The smallest absolute Gasteiger partial charge is 0.254 e. The van der Waals surface area contributed by atoms with Gasteiger partial charge in [0.15, 0.2) is 0 Å². The number of amides is 1. The number of sulfonamides is 1. The average molecular weight is 310 g/mol. The largest absolute Gasteiger partial charge is 0.330 e. The van der Waals surface area contributed by atoms with E-state index in [4.69, 9.17) is 5.14 Å². The fraction of sp³-hybridized carbons (Fsp3) is 0.400. The highest BCUT2D eigenvalue weighted by atomic mass is 32.2. The number of benzene rings is 1. The maximum Gasteiger partial charge on any atom is 0.254 e. The van der Waals surface area contributed by atoms with Gasteiger partial charge in [-0.2, -0.15) is 0 Å². The summed E-state index contributed by atoms with van der Waals surface area (Å²) in [6.07, 6.45) is 1.66. The van der Waals surface area contributed by atoms with Crippen molar-refractivity contribution in [2.75, 3.05) is 6.54 Å². The summed E-state index contributed by atoms with van der Waals surface area (Å²) in [6, 6.07) is 4.26. The first-order valence-electron chi connectivity index (χ1n) is 6.55. The second kappa shape index (κ2) is 5.99. The maximum atomic E-state index is 12.7. The van der Waals surface area contributed by atoms with Gasteiger partial charge in [-0.1, -0.05) is 6.08 Å². The van der Waals surface area contributed by atoms with Gasteiger partial charge in [-0.25, -0.2) is 13.6 Å². The Balaban J connectivity index is 3.27. The van der Waals surface area contributed by atoms with Crippen LogP contribution in [0, 0.1) is 6.92 Å². The third kappa shape index (κ3) is 4.15. The highest BCUT2D eigenvalue weighted by Crippen LogP contribution is 2.21. The summed E-state index contributed by atoms with van der Waals surface area (Å²) in [5, 5.41) is 5.09. The van der Waals surface area contributed by atoms with Crippen molar-refractivity contribution in [2.45, 2.75) is 38.1 Å². The number of carbonyl (C=O) groups is 1. The Morgan fingerprint density at radius 3 is 2.33 bits per heavy atom. The normalized spacial score (nSPS) is 12.0. The van der Waals surface area contributed by atoms with Crippen LogP contribution in [0.1, 0.15) is 36.7 Å².